The third-order valence-electron chi connectivity index (χ3n) is 9.21. The maximum atomic E-state index is 13.2. The maximum absolute atomic E-state index is 13.2. The van der Waals surface area contributed by atoms with Crippen LogP contribution in [0, 0.1) is 13.8 Å². The van der Waals surface area contributed by atoms with E-state index in [1.54, 1.807) is 45.1 Å². The second-order valence-electron chi connectivity index (χ2n) is 13.5. The molecule has 2 unspecified atom stereocenters. The van der Waals surface area contributed by atoms with Gasteiger partial charge in [0.05, 0.1) is 62.0 Å². The Morgan fingerprint density at radius 2 is 1.21 bits per heavy atom. The number of nitrogens with two attached hydrogens (primary N) is 1. The number of fused-ring (bicyclic) bond motifs is 2. The van der Waals surface area contributed by atoms with Crippen molar-refractivity contribution in [3.63, 3.8) is 0 Å². The fraction of sp³-hybridized carbons (Fsp3) is 0.316. The molecule has 2 aliphatic rings. The summed E-state index contributed by atoms with van der Waals surface area (Å²) in [6.07, 6.45) is 1.05. The summed E-state index contributed by atoms with van der Waals surface area (Å²) in [5, 5.41) is 2.88. The Morgan fingerprint density at radius 3 is 1.70 bits per heavy atom. The molecule has 4 aromatic heterocycles. The number of hydrogen-bond donors (Lipinski definition) is 2. The molecule has 2 aliphatic heterocycles. The summed E-state index contributed by atoms with van der Waals surface area (Å²) >= 11 is 5.52. The lowest BCUT2D eigenvalue weighted by atomic mass is 10.2. The molecule has 324 valence electrons. The van der Waals surface area contributed by atoms with E-state index in [4.69, 9.17) is 36.3 Å². The maximum Gasteiger partial charge on any atom is 0.412 e. The molecule has 0 saturated heterocycles. The van der Waals surface area contributed by atoms with Gasteiger partial charge < -0.3 is 48.9 Å². The van der Waals surface area contributed by atoms with Gasteiger partial charge in [-0.2, -0.15) is 36.3 Å². The van der Waals surface area contributed by atoms with Crippen LogP contribution in [0.1, 0.15) is 11.4 Å². The fourth-order valence-corrected chi connectivity index (χ4v) is 6.20. The Morgan fingerprint density at radius 1 is 0.721 bits per heavy atom. The number of nitrogen functional groups attached to an aromatic ring is 1. The van der Waals surface area contributed by atoms with Crippen LogP contribution in [-0.4, -0.2) is 105 Å². The van der Waals surface area contributed by atoms with Gasteiger partial charge in [-0.05, 0) is 49.7 Å². The zero-order valence-corrected chi connectivity index (χ0v) is 34.1. The number of aromatic nitrogens is 8. The second-order valence-corrected chi connectivity index (χ2v) is 13.8. The Bertz CT molecular complexity index is 2470. The lowest BCUT2D eigenvalue weighted by molar-refractivity contribution is -0.156. The summed E-state index contributed by atoms with van der Waals surface area (Å²) in [6.45, 7) is 2.85. The van der Waals surface area contributed by atoms with Crippen molar-refractivity contribution in [2.45, 2.75) is 38.3 Å². The van der Waals surface area contributed by atoms with Crippen LogP contribution < -0.4 is 39.8 Å². The van der Waals surface area contributed by atoms with Crippen molar-refractivity contribution < 1.29 is 45.3 Å². The highest BCUT2D eigenvalue weighted by molar-refractivity contribution is 6.28. The first kappa shape index (κ1) is 43.9. The van der Waals surface area contributed by atoms with Crippen LogP contribution in [0.5, 0.6) is 23.0 Å². The SMILES string of the molecule is CN1c2nc(Cl)ncc2OCC1C(F)(F)F.COc1cc(N)ccc1-n1cnc(C)c1.COc1cc(Nc2ncc3c(n2)N(C)C(C(F)(F)F)CO3)ccc1-n1cnc(C)c1. The van der Waals surface area contributed by atoms with Gasteiger partial charge in [-0.3, -0.25) is 0 Å². The number of nitrogens with zero attached hydrogens (tertiary/aromatic N) is 10. The molecular formula is C38H39ClF6N12O4. The predicted molar refractivity (Wildman–Crippen MR) is 214 cm³/mol. The van der Waals surface area contributed by atoms with Crippen LogP contribution in [0.4, 0.5) is 55.3 Å². The van der Waals surface area contributed by atoms with Crippen molar-refractivity contribution in [1.29, 1.82) is 0 Å². The Kier molecular flexibility index (Phi) is 12.9. The predicted octanol–water partition coefficient (Wildman–Crippen LogP) is 7.14. The molecule has 0 bridgehead atoms. The minimum atomic E-state index is -4.43. The van der Waals surface area contributed by atoms with E-state index < -0.39 is 37.7 Å². The van der Waals surface area contributed by atoms with Crippen LogP contribution in [0.25, 0.3) is 11.4 Å². The summed E-state index contributed by atoms with van der Waals surface area (Å²) in [6, 6.07) is 7.42. The molecule has 0 amide bonds. The molecule has 8 rings (SSSR count). The number of hydrogen-bond acceptors (Lipinski definition) is 14. The van der Waals surface area contributed by atoms with E-state index in [9.17, 15) is 26.3 Å². The smallest absolute Gasteiger partial charge is 0.412 e. The van der Waals surface area contributed by atoms with E-state index in [-0.39, 0.29) is 34.4 Å². The molecule has 0 fully saturated rings. The third-order valence-corrected chi connectivity index (χ3v) is 9.40. The first-order chi connectivity index (χ1) is 28.9. The largest absolute Gasteiger partial charge is 0.494 e. The van der Waals surface area contributed by atoms with Crippen LogP contribution in [0.3, 0.4) is 0 Å². The van der Waals surface area contributed by atoms with Gasteiger partial charge in [0.25, 0.3) is 0 Å². The number of rotatable bonds is 6. The van der Waals surface area contributed by atoms with Crippen molar-refractivity contribution in [2.75, 3.05) is 62.4 Å². The van der Waals surface area contributed by atoms with Crippen molar-refractivity contribution in [1.82, 2.24) is 39.0 Å². The van der Waals surface area contributed by atoms with Gasteiger partial charge in [-0.25, -0.2) is 19.9 Å². The van der Waals surface area contributed by atoms with Crippen molar-refractivity contribution in [2.24, 2.45) is 0 Å². The molecule has 6 aromatic rings. The van der Waals surface area contributed by atoms with E-state index in [0.717, 1.165) is 38.3 Å². The minimum absolute atomic E-state index is 0.0496. The van der Waals surface area contributed by atoms with Crippen molar-refractivity contribution >= 4 is 40.6 Å². The zero-order chi connectivity index (χ0) is 44.2. The van der Waals surface area contributed by atoms with E-state index in [1.807, 2.05) is 53.6 Å². The van der Waals surface area contributed by atoms with Gasteiger partial charge in [0, 0.05) is 50.0 Å². The van der Waals surface area contributed by atoms with Gasteiger partial charge in [-0.15, -0.1) is 0 Å². The first-order valence-corrected chi connectivity index (χ1v) is 18.4. The quantitative estimate of drug-likeness (QED) is 0.0984. The number of alkyl halides is 6. The summed E-state index contributed by atoms with van der Waals surface area (Å²) in [5.41, 5.74) is 10.5. The Hall–Kier alpha value is -6.71. The molecule has 16 nitrogen and oxygen atoms in total. The summed E-state index contributed by atoms with van der Waals surface area (Å²) in [4.78, 5) is 26.1. The van der Waals surface area contributed by atoms with Crippen LogP contribution in [-0.2, 0) is 0 Å². The molecule has 0 spiro atoms. The van der Waals surface area contributed by atoms with Gasteiger partial charge in [-0.1, -0.05) is 0 Å². The number of methoxy groups -OCH3 is 2. The number of anilines is 5. The fourth-order valence-electron chi connectivity index (χ4n) is 6.07. The van der Waals surface area contributed by atoms with Gasteiger partial charge in [0.2, 0.25) is 11.2 Å². The van der Waals surface area contributed by atoms with Crippen LogP contribution >= 0.6 is 11.6 Å². The molecule has 2 atom stereocenters. The minimum Gasteiger partial charge on any atom is -0.494 e. The molecule has 0 radical (unpaired) electrons. The summed E-state index contributed by atoms with van der Waals surface area (Å²) in [7, 11) is 5.80. The average Bonchev–Trinajstić information content (AvgIpc) is 3.85. The van der Waals surface area contributed by atoms with Crippen LogP contribution in [0.2, 0.25) is 5.28 Å². The topological polar surface area (TPSA) is 169 Å². The highest BCUT2D eigenvalue weighted by atomic mass is 35.5. The average molecular weight is 877 g/mol. The van der Waals surface area contributed by atoms with Crippen LogP contribution in [0.15, 0.2) is 73.8 Å². The van der Waals surface area contributed by atoms with Gasteiger partial charge >= 0.3 is 12.4 Å². The van der Waals surface area contributed by atoms with Gasteiger partial charge in [0.1, 0.15) is 24.7 Å². The summed E-state index contributed by atoms with van der Waals surface area (Å²) in [5.74, 6) is 1.98. The van der Waals surface area contributed by atoms with Gasteiger partial charge in [0.15, 0.2) is 35.2 Å². The number of likely N-dealkylation sites (N-methyl/N-ethyl adjacent to an activating group) is 2. The Balaban J connectivity index is 0.000000169. The monoisotopic (exact) mass is 876 g/mol. The lowest BCUT2D eigenvalue weighted by Gasteiger charge is -2.35. The normalized spacial score (nSPS) is 15.8. The molecule has 6 heterocycles. The number of aryl methyl sites for hydroxylation is 2. The highest BCUT2D eigenvalue weighted by Crippen LogP contribution is 2.38. The molecule has 2 aromatic carbocycles. The molecular weight excluding hydrogens is 838 g/mol. The molecule has 0 saturated carbocycles. The standard InChI is InChI=1S/C19H19F3N6O2.C11H13N3O.C8H7ClF3N3O/c1-11-8-28(10-24-11)13-5-4-12(6-14(13)29-3)25-18-23-7-15-17(26-18)27(2)16(9-30-15)19(20,21)22;1-8-6-14(7-13-8)10-4-3-9(12)5-11(10)15-2;1-15-5(8(10,11)12)3-16-4-2-13-7(9)14-6(4)15/h4-8,10,16H,9H2,1-3H3,(H,23,25,26);3-7H,12H2,1-2H3;2,5H,3H2,1H3. The lowest BCUT2D eigenvalue weighted by Crippen LogP contribution is -2.50. The van der Waals surface area contributed by atoms with E-state index in [0.29, 0.717) is 17.1 Å². The van der Waals surface area contributed by atoms with Crippen molar-refractivity contribution in [3.05, 3.63) is 90.5 Å². The third kappa shape index (κ3) is 10.2. The zero-order valence-electron chi connectivity index (χ0n) is 33.3. The first-order valence-electron chi connectivity index (χ1n) is 18.0. The van der Waals surface area contributed by atoms with Crippen molar-refractivity contribution in [3.8, 4) is 34.4 Å². The van der Waals surface area contributed by atoms with E-state index in [2.05, 4.69) is 35.2 Å². The number of imidazole rings is 2. The summed E-state index contributed by atoms with van der Waals surface area (Å²) < 4.78 is 102. The van der Waals surface area contributed by atoms with E-state index in [1.165, 1.54) is 26.5 Å². The second kappa shape index (κ2) is 17.9. The molecule has 3 N–H and O–H groups in total. The molecule has 61 heavy (non-hydrogen) atoms. The number of halogens is 7. The molecule has 23 heteroatoms. The Labute approximate surface area is 349 Å². The number of ether oxygens (including phenoxy) is 4. The highest BCUT2D eigenvalue weighted by Gasteiger charge is 2.47. The molecule has 0 aliphatic carbocycles. The van der Waals surface area contributed by atoms with E-state index >= 15 is 0 Å². The number of nitrogens with one attached hydrogen (secondary N) is 1. The number of benzene rings is 2.